The SMILES string of the molecule is O=c1[nH]ncc(N2Cc3cc(F)c(OCC4CCNCC4)cc3C2)c1C(F)(F)F. The Morgan fingerprint density at radius 3 is 2.55 bits per heavy atom. The van der Waals surface area contributed by atoms with Crippen molar-refractivity contribution >= 4 is 5.69 Å². The third kappa shape index (κ3) is 4.07. The number of rotatable bonds is 4. The highest BCUT2D eigenvalue weighted by Gasteiger charge is 2.39. The van der Waals surface area contributed by atoms with Gasteiger partial charge in [0.15, 0.2) is 11.6 Å². The van der Waals surface area contributed by atoms with Gasteiger partial charge in [0, 0.05) is 13.1 Å². The maximum absolute atomic E-state index is 14.5. The highest BCUT2D eigenvalue weighted by atomic mass is 19.4. The van der Waals surface area contributed by atoms with E-state index in [1.165, 1.54) is 11.0 Å². The minimum absolute atomic E-state index is 0.0506. The lowest BCUT2D eigenvalue weighted by Crippen LogP contribution is -2.30. The van der Waals surface area contributed by atoms with Crippen LogP contribution in [0.25, 0.3) is 0 Å². The molecular formula is C19H20F4N4O2. The Morgan fingerprint density at radius 1 is 1.17 bits per heavy atom. The maximum Gasteiger partial charge on any atom is 0.423 e. The first-order valence-electron chi connectivity index (χ1n) is 9.37. The number of hydrogen-bond acceptors (Lipinski definition) is 5. The van der Waals surface area contributed by atoms with Crippen LogP contribution in [-0.2, 0) is 19.3 Å². The van der Waals surface area contributed by atoms with E-state index in [1.807, 2.05) is 5.10 Å². The fourth-order valence-electron chi connectivity index (χ4n) is 3.84. The number of H-pyrrole nitrogens is 1. The lowest BCUT2D eigenvalue weighted by atomic mass is 9.99. The van der Waals surface area contributed by atoms with Gasteiger partial charge in [0.05, 0.1) is 18.5 Å². The number of anilines is 1. The molecule has 156 valence electrons. The monoisotopic (exact) mass is 412 g/mol. The Labute approximate surface area is 163 Å². The van der Waals surface area contributed by atoms with Crippen molar-refractivity contribution in [3.05, 3.63) is 51.2 Å². The zero-order chi connectivity index (χ0) is 20.6. The fraction of sp³-hybridized carbons (Fsp3) is 0.474. The van der Waals surface area contributed by atoms with Gasteiger partial charge < -0.3 is 15.0 Å². The molecule has 1 aromatic heterocycles. The van der Waals surface area contributed by atoms with Crippen LogP contribution in [0.4, 0.5) is 23.2 Å². The van der Waals surface area contributed by atoms with Gasteiger partial charge in [-0.3, -0.25) is 4.79 Å². The molecule has 29 heavy (non-hydrogen) atoms. The number of nitrogens with one attached hydrogen (secondary N) is 2. The largest absolute Gasteiger partial charge is 0.490 e. The fourth-order valence-corrected chi connectivity index (χ4v) is 3.84. The van der Waals surface area contributed by atoms with E-state index in [2.05, 4.69) is 10.4 Å². The van der Waals surface area contributed by atoms with Gasteiger partial charge in [-0.15, -0.1) is 0 Å². The Bertz CT molecular complexity index is 954. The Morgan fingerprint density at radius 2 is 1.86 bits per heavy atom. The molecule has 1 fully saturated rings. The second kappa shape index (κ2) is 7.66. The second-order valence-corrected chi connectivity index (χ2v) is 7.37. The number of fused-ring (bicyclic) bond motifs is 1. The zero-order valence-corrected chi connectivity index (χ0v) is 15.5. The molecular weight excluding hydrogens is 392 g/mol. The normalized spacial score (nSPS) is 17.4. The van der Waals surface area contributed by atoms with Gasteiger partial charge in [-0.25, -0.2) is 9.49 Å². The number of alkyl halides is 3. The van der Waals surface area contributed by atoms with Crippen molar-refractivity contribution in [1.82, 2.24) is 15.5 Å². The second-order valence-electron chi connectivity index (χ2n) is 7.37. The molecule has 0 spiro atoms. The van der Waals surface area contributed by atoms with Crippen LogP contribution < -0.4 is 20.5 Å². The van der Waals surface area contributed by atoms with E-state index in [1.54, 1.807) is 6.07 Å². The number of benzene rings is 1. The van der Waals surface area contributed by atoms with Crippen LogP contribution in [0.1, 0.15) is 29.5 Å². The summed E-state index contributed by atoms with van der Waals surface area (Å²) in [6, 6.07) is 2.83. The van der Waals surface area contributed by atoms with Crippen molar-refractivity contribution in [2.45, 2.75) is 32.1 Å². The smallest absolute Gasteiger partial charge is 0.423 e. The zero-order valence-electron chi connectivity index (χ0n) is 15.5. The quantitative estimate of drug-likeness (QED) is 0.756. The predicted molar refractivity (Wildman–Crippen MR) is 97.2 cm³/mol. The summed E-state index contributed by atoms with van der Waals surface area (Å²) in [4.78, 5) is 13.1. The van der Waals surface area contributed by atoms with Crippen LogP contribution in [0, 0.1) is 11.7 Å². The van der Waals surface area contributed by atoms with Gasteiger partial charge in [-0.2, -0.15) is 18.3 Å². The molecule has 0 amide bonds. The summed E-state index contributed by atoms with van der Waals surface area (Å²) in [5.41, 5.74) is -1.70. The molecule has 2 aliphatic rings. The number of ether oxygens (including phenoxy) is 1. The molecule has 0 saturated carbocycles. The molecule has 1 saturated heterocycles. The third-order valence-electron chi connectivity index (χ3n) is 5.37. The molecule has 0 unspecified atom stereocenters. The number of nitrogens with zero attached hydrogens (tertiary/aromatic N) is 2. The molecule has 0 atom stereocenters. The summed E-state index contributed by atoms with van der Waals surface area (Å²) in [6.45, 7) is 2.36. The molecule has 0 radical (unpaired) electrons. The predicted octanol–water partition coefficient (Wildman–Crippen LogP) is 2.83. The Kier molecular flexibility index (Phi) is 5.20. The van der Waals surface area contributed by atoms with Crippen LogP contribution in [0.5, 0.6) is 5.75 Å². The van der Waals surface area contributed by atoms with E-state index in [-0.39, 0.29) is 24.5 Å². The van der Waals surface area contributed by atoms with E-state index in [0.717, 1.165) is 32.1 Å². The van der Waals surface area contributed by atoms with Crippen LogP contribution in [0.15, 0.2) is 23.1 Å². The summed E-state index contributed by atoms with van der Waals surface area (Å²) in [5.74, 6) is -0.0966. The lowest BCUT2D eigenvalue weighted by molar-refractivity contribution is -0.138. The number of halogens is 4. The highest BCUT2D eigenvalue weighted by molar-refractivity contribution is 5.57. The molecule has 10 heteroatoms. The summed E-state index contributed by atoms with van der Waals surface area (Å²) < 4.78 is 60.1. The molecule has 3 heterocycles. The molecule has 6 nitrogen and oxygen atoms in total. The van der Waals surface area contributed by atoms with Crippen LogP contribution in [0.2, 0.25) is 0 Å². The van der Waals surface area contributed by atoms with E-state index in [4.69, 9.17) is 4.74 Å². The Balaban J connectivity index is 1.55. The first kappa shape index (κ1) is 19.7. The molecule has 4 rings (SSSR count). The van der Waals surface area contributed by atoms with Gasteiger partial charge in [0.1, 0.15) is 5.56 Å². The van der Waals surface area contributed by atoms with Crippen molar-refractivity contribution in [3.63, 3.8) is 0 Å². The summed E-state index contributed by atoms with van der Waals surface area (Å²) >= 11 is 0. The Hall–Kier alpha value is -2.62. The molecule has 0 aliphatic carbocycles. The van der Waals surface area contributed by atoms with E-state index < -0.39 is 23.1 Å². The lowest BCUT2D eigenvalue weighted by Gasteiger charge is -2.22. The molecule has 1 aromatic carbocycles. The number of aromatic nitrogens is 2. The maximum atomic E-state index is 14.5. The molecule has 2 N–H and O–H groups in total. The van der Waals surface area contributed by atoms with Gasteiger partial charge >= 0.3 is 6.18 Å². The molecule has 2 aromatic rings. The van der Waals surface area contributed by atoms with Gasteiger partial charge in [-0.1, -0.05) is 0 Å². The van der Waals surface area contributed by atoms with Crippen LogP contribution in [0.3, 0.4) is 0 Å². The van der Waals surface area contributed by atoms with Crippen molar-refractivity contribution in [2.24, 2.45) is 5.92 Å². The van der Waals surface area contributed by atoms with E-state index >= 15 is 0 Å². The van der Waals surface area contributed by atoms with Crippen LogP contribution >= 0.6 is 0 Å². The van der Waals surface area contributed by atoms with Crippen LogP contribution in [-0.4, -0.2) is 29.9 Å². The van der Waals surface area contributed by atoms with E-state index in [9.17, 15) is 22.4 Å². The average molecular weight is 412 g/mol. The van der Waals surface area contributed by atoms with E-state index in [0.29, 0.717) is 23.7 Å². The van der Waals surface area contributed by atoms with Crippen molar-refractivity contribution in [2.75, 3.05) is 24.6 Å². The van der Waals surface area contributed by atoms with Gasteiger partial charge in [-0.05, 0) is 55.1 Å². The third-order valence-corrected chi connectivity index (χ3v) is 5.37. The number of piperidine rings is 1. The first-order chi connectivity index (χ1) is 13.8. The van der Waals surface area contributed by atoms with Crippen molar-refractivity contribution < 1.29 is 22.3 Å². The topological polar surface area (TPSA) is 70.2 Å². The summed E-state index contributed by atoms with van der Waals surface area (Å²) in [7, 11) is 0. The first-order valence-corrected chi connectivity index (χ1v) is 9.37. The molecule has 2 aliphatic heterocycles. The van der Waals surface area contributed by atoms with Crippen molar-refractivity contribution in [3.8, 4) is 5.75 Å². The van der Waals surface area contributed by atoms with Gasteiger partial charge in [0.25, 0.3) is 5.56 Å². The average Bonchev–Trinajstić information content (AvgIpc) is 3.08. The standard InChI is InChI=1S/C19H20F4N4O2/c20-14-5-12-8-27(15-7-25-26-18(28)17(15)19(21,22)23)9-13(12)6-16(14)29-10-11-1-3-24-4-2-11/h5-7,11,24H,1-4,8-10H2,(H,26,28). The summed E-state index contributed by atoms with van der Waals surface area (Å²) in [6.07, 6.45) is -1.94. The minimum Gasteiger partial charge on any atom is -0.490 e. The number of hydrogen-bond donors (Lipinski definition) is 2. The minimum atomic E-state index is -4.82. The highest BCUT2D eigenvalue weighted by Crippen LogP contribution is 2.38. The number of aromatic amines is 1. The van der Waals surface area contributed by atoms with Crippen molar-refractivity contribution in [1.29, 1.82) is 0 Å². The molecule has 0 bridgehead atoms. The van der Waals surface area contributed by atoms with Gasteiger partial charge in [0.2, 0.25) is 0 Å². The summed E-state index contributed by atoms with van der Waals surface area (Å²) in [5, 5.41) is 8.57.